The predicted octanol–water partition coefficient (Wildman–Crippen LogP) is 2.79. The second-order valence-corrected chi connectivity index (χ2v) is 5.10. The van der Waals surface area contributed by atoms with Gasteiger partial charge in [0.25, 0.3) is 0 Å². The fourth-order valence-corrected chi connectivity index (χ4v) is 2.60. The molecule has 1 N–H and O–H groups in total. The van der Waals surface area contributed by atoms with Gasteiger partial charge in [-0.2, -0.15) is 0 Å². The molecule has 1 unspecified atom stereocenters. The van der Waals surface area contributed by atoms with Crippen LogP contribution in [0.25, 0.3) is 0 Å². The van der Waals surface area contributed by atoms with Gasteiger partial charge < -0.3 is 5.32 Å². The second-order valence-electron chi connectivity index (χ2n) is 5.10. The van der Waals surface area contributed by atoms with Gasteiger partial charge in [0, 0.05) is 19.1 Å². The molecule has 3 heteroatoms. The highest BCUT2D eigenvalue weighted by Crippen LogP contribution is 2.19. The fraction of sp³-hybridized carbons (Fsp3) is 0.600. The van der Waals surface area contributed by atoms with Crippen LogP contribution in [-0.4, -0.2) is 30.6 Å². The molecule has 1 aliphatic heterocycles. The number of hydrogen-bond acceptors (Lipinski definition) is 2. The van der Waals surface area contributed by atoms with Crippen molar-refractivity contribution < 1.29 is 4.39 Å². The van der Waals surface area contributed by atoms with E-state index in [-0.39, 0.29) is 5.82 Å². The van der Waals surface area contributed by atoms with Crippen molar-refractivity contribution in [2.45, 2.75) is 38.8 Å². The van der Waals surface area contributed by atoms with Gasteiger partial charge in [0.1, 0.15) is 5.82 Å². The van der Waals surface area contributed by atoms with E-state index < -0.39 is 0 Å². The first kappa shape index (κ1) is 13.5. The molecule has 18 heavy (non-hydrogen) atoms. The van der Waals surface area contributed by atoms with Crippen LogP contribution >= 0.6 is 0 Å². The van der Waals surface area contributed by atoms with E-state index in [0.717, 1.165) is 26.2 Å². The summed E-state index contributed by atoms with van der Waals surface area (Å²) in [5.41, 5.74) is 1.21. The average molecular weight is 250 g/mol. The van der Waals surface area contributed by atoms with Crippen LogP contribution in [0.5, 0.6) is 0 Å². The highest BCUT2D eigenvalue weighted by atomic mass is 19.1. The number of nitrogens with one attached hydrogen (secondary N) is 1. The normalized spacial score (nSPS) is 20.4. The van der Waals surface area contributed by atoms with Crippen LogP contribution in [0.15, 0.2) is 24.3 Å². The van der Waals surface area contributed by atoms with Crippen molar-refractivity contribution in [1.82, 2.24) is 10.2 Å². The minimum Gasteiger partial charge on any atom is -0.315 e. The van der Waals surface area contributed by atoms with E-state index in [1.807, 2.05) is 12.1 Å². The van der Waals surface area contributed by atoms with Crippen molar-refractivity contribution in [2.24, 2.45) is 0 Å². The van der Waals surface area contributed by atoms with Crippen molar-refractivity contribution in [3.8, 4) is 0 Å². The Hall–Kier alpha value is -0.930. The van der Waals surface area contributed by atoms with Crippen LogP contribution in [0, 0.1) is 5.82 Å². The smallest absolute Gasteiger partial charge is 0.123 e. The maximum Gasteiger partial charge on any atom is 0.123 e. The Morgan fingerprint density at radius 3 is 2.83 bits per heavy atom. The SMILES string of the molecule is CCCNCC1CCCN1Cc1ccc(F)cc1. The molecule has 0 bridgehead atoms. The summed E-state index contributed by atoms with van der Waals surface area (Å²) < 4.78 is 12.9. The molecule has 1 fully saturated rings. The molecule has 1 atom stereocenters. The maximum atomic E-state index is 12.9. The Kier molecular flexibility index (Phi) is 5.14. The number of hydrogen-bond donors (Lipinski definition) is 1. The Morgan fingerprint density at radius 1 is 1.33 bits per heavy atom. The number of benzene rings is 1. The van der Waals surface area contributed by atoms with E-state index in [1.165, 1.54) is 24.8 Å². The molecule has 0 radical (unpaired) electrons. The van der Waals surface area contributed by atoms with E-state index in [9.17, 15) is 4.39 Å². The summed E-state index contributed by atoms with van der Waals surface area (Å²) in [5, 5.41) is 3.50. The highest BCUT2D eigenvalue weighted by Gasteiger charge is 2.23. The lowest BCUT2D eigenvalue weighted by Gasteiger charge is -2.24. The third-order valence-corrected chi connectivity index (χ3v) is 3.60. The summed E-state index contributed by atoms with van der Waals surface area (Å²) in [4.78, 5) is 2.51. The zero-order chi connectivity index (χ0) is 12.8. The van der Waals surface area contributed by atoms with E-state index in [0.29, 0.717) is 6.04 Å². The van der Waals surface area contributed by atoms with E-state index in [1.54, 1.807) is 12.1 Å². The largest absolute Gasteiger partial charge is 0.315 e. The number of halogens is 1. The highest BCUT2D eigenvalue weighted by molar-refractivity contribution is 5.16. The number of rotatable bonds is 6. The third-order valence-electron chi connectivity index (χ3n) is 3.60. The Balaban J connectivity index is 1.85. The van der Waals surface area contributed by atoms with Crippen LogP contribution in [-0.2, 0) is 6.54 Å². The van der Waals surface area contributed by atoms with Crippen molar-refractivity contribution in [3.05, 3.63) is 35.6 Å². The second kappa shape index (κ2) is 6.86. The minimum atomic E-state index is -0.152. The molecule has 0 saturated carbocycles. The molecule has 0 spiro atoms. The molecule has 1 aromatic rings. The molecule has 1 aromatic carbocycles. The summed E-state index contributed by atoms with van der Waals surface area (Å²) in [5.74, 6) is -0.152. The van der Waals surface area contributed by atoms with Gasteiger partial charge in [-0.1, -0.05) is 19.1 Å². The van der Waals surface area contributed by atoms with Gasteiger partial charge in [0.15, 0.2) is 0 Å². The lowest BCUT2D eigenvalue weighted by Crippen LogP contribution is -2.37. The molecular formula is C15H23FN2. The molecule has 0 amide bonds. The van der Waals surface area contributed by atoms with Gasteiger partial charge in [0.2, 0.25) is 0 Å². The number of nitrogens with zero attached hydrogens (tertiary/aromatic N) is 1. The van der Waals surface area contributed by atoms with Gasteiger partial charge >= 0.3 is 0 Å². The lowest BCUT2D eigenvalue weighted by atomic mass is 10.1. The van der Waals surface area contributed by atoms with Crippen molar-refractivity contribution in [1.29, 1.82) is 0 Å². The molecule has 1 aliphatic rings. The van der Waals surface area contributed by atoms with E-state index in [2.05, 4.69) is 17.1 Å². The summed E-state index contributed by atoms with van der Waals surface area (Å²) >= 11 is 0. The van der Waals surface area contributed by atoms with E-state index in [4.69, 9.17) is 0 Å². The molecule has 1 saturated heterocycles. The minimum absolute atomic E-state index is 0.152. The third kappa shape index (κ3) is 3.79. The van der Waals surface area contributed by atoms with Gasteiger partial charge in [-0.25, -0.2) is 4.39 Å². The Morgan fingerprint density at radius 2 is 2.11 bits per heavy atom. The average Bonchev–Trinajstić information content (AvgIpc) is 2.80. The molecule has 1 heterocycles. The Bertz CT molecular complexity index is 350. The van der Waals surface area contributed by atoms with Crippen LogP contribution in [0.1, 0.15) is 31.7 Å². The quantitative estimate of drug-likeness (QED) is 0.781. The molecule has 2 rings (SSSR count). The van der Waals surface area contributed by atoms with Gasteiger partial charge in [0.05, 0.1) is 0 Å². The van der Waals surface area contributed by atoms with Crippen LogP contribution < -0.4 is 5.32 Å². The van der Waals surface area contributed by atoms with Crippen molar-refractivity contribution >= 4 is 0 Å². The summed E-state index contributed by atoms with van der Waals surface area (Å²) in [6.07, 6.45) is 3.74. The summed E-state index contributed by atoms with van der Waals surface area (Å²) in [6, 6.07) is 7.53. The molecule has 100 valence electrons. The fourth-order valence-electron chi connectivity index (χ4n) is 2.60. The standard InChI is InChI=1S/C15H23FN2/c1-2-9-17-11-15-4-3-10-18(15)12-13-5-7-14(16)8-6-13/h5-8,15,17H,2-4,9-12H2,1H3. The topological polar surface area (TPSA) is 15.3 Å². The first-order chi connectivity index (χ1) is 8.79. The van der Waals surface area contributed by atoms with Crippen LogP contribution in [0.2, 0.25) is 0 Å². The van der Waals surface area contributed by atoms with Gasteiger partial charge in [-0.3, -0.25) is 4.90 Å². The summed E-state index contributed by atoms with van der Waals surface area (Å²) in [6.45, 7) is 6.47. The molecule has 0 aliphatic carbocycles. The van der Waals surface area contributed by atoms with Gasteiger partial charge in [-0.05, 0) is 50.0 Å². The van der Waals surface area contributed by atoms with Crippen LogP contribution in [0.4, 0.5) is 4.39 Å². The molecule has 0 aromatic heterocycles. The van der Waals surface area contributed by atoms with Crippen molar-refractivity contribution in [2.75, 3.05) is 19.6 Å². The van der Waals surface area contributed by atoms with Gasteiger partial charge in [-0.15, -0.1) is 0 Å². The monoisotopic (exact) mass is 250 g/mol. The molecule has 2 nitrogen and oxygen atoms in total. The zero-order valence-corrected chi connectivity index (χ0v) is 11.2. The first-order valence-corrected chi connectivity index (χ1v) is 6.99. The summed E-state index contributed by atoms with van der Waals surface area (Å²) in [7, 11) is 0. The molecular weight excluding hydrogens is 227 g/mol. The maximum absolute atomic E-state index is 12.9. The van der Waals surface area contributed by atoms with Crippen molar-refractivity contribution in [3.63, 3.8) is 0 Å². The van der Waals surface area contributed by atoms with E-state index >= 15 is 0 Å². The predicted molar refractivity (Wildman–Crippen MR) is 73.0 cm³/mol. The Labute approximate surface area is 109 Å². The number of likely N-dealkylation sites (tertiary alicyclic amines) is 1. The lowest BCUT2D eigenvalue weighted by molar-refractivity contribution is 0.239. The van der Waals surface area contributed by atoms with Crippen LogP contribution in [0.3, 0.4) is 0 Å². The first-order valence-electron chi connectivity index (χ1n) is 6.99. The zero-order valence-electron chi connectivity index (χ0n) is 11.2.